The summed E-state index contributed by atoms with van der Waals surface area (Å²) in [6.45, 7) is 1.76. The minimum absolute atomic E-state index is 0.102. The predicted molar refractivity (Wildman–Crippen MR) is 60.7 cm³/mol. The number of H-pyrrole nitrogens is 1. The van der Waals surface area contributed by atoms with Gasteiger partial charge in [0.2, 0.25) is 0 Å². The Labute approximate surface area is 97.8 Å². The first kappa shape index (κ1) is 11.2. The summed E-state index contributed by atoms with van der Waals surface area (Å²) < 4.78 is 5.08. The molecule has 0 saturated heterocycles. The number of aromatic amines is 1. The van der Waals surface area contributed by atoms with Gasteiger partial charge in [-0.05, 0) is 24.3 Å². The molecule has 2 aromatic heterocycles. The molecule has 0 radical (unpaired) electrons. The quantitative estimate of drug-likeness (QED) is 0.788. The molecule has 0 unspecified atom stereocenters. The highest BCUT2D eigenvalue weighted by atomic mass is 16.3. The molecular formula is C12H12N2O3. The van der Waals surface area contributed by atoms with E-state index in [4.69, 9.17) is 4.42 Å². The van der Waals surface area contributed by atoms with Gasteiger partial charge in [0.1, 0.15) is 11.5 Å². The maximum absolute atomic E-state index is 11.7. The number of furan rings is 1. The molecule has 0 atom stereocenters. The molecular weight excluding hydrogens is 220 g/mol. The monoisotopic (exact) mass is 232 g/mol. The smallest absolute Gasteiger partial charge is 0.268 e. The van der Waals surface area contributed by atoms with Crippen LogP contribution in [0.2, 0.25) is 0 Å². The van der Waals surface area contributed by atoms with E-state index >= 15 is 0 Å². The Morgan fingerprint density at radius 2 is 2.06 bits per heavy atom. The molecule has 0 aliphatic heterocycles. The first-order chi connectivity index (χ1) is 8.16. The fourth-order valence-corrected chi connectivity index (χ4v) is 1.41. The number of hydrogen-bond acceptors (Lipinski definition) is 3. The van der Waals surface area contributed by atoms with Crippen LogP contribution in [0.5, 0.6) is 0 Å². The zero-order chi connectivity index (χ0) is 12.3. The lowest BCUT2D eigenvalue weighted by molar-refractivity contribution is 0.0943. The Hall–Kier alpha value is -2.30. The topological polar surface area (TPSA) is 75.1 Å². The van der Waals surface area contributed by atoms with Crippen LogP contribution in [0, 0.1) is 0 Å². The lowest BCUT2D eigenvalue weighted by Gasteiger charge is -2.00. The third-order valence-electron chi connectivity index (χ3n) is 2.31. The van der Waals surface area contributed by atoms with Crippen LogP contribution < -0.4 is 5.32 Å². The number of hydrogen-bond donors (Lipinski definition) is 2. The number of amides is 1. The van der Waals surface area contributed by atoms with E-state index in [0.29, 0.717) is 23.7 Å². The summed E-state index contributed by atoms with van der Waals surface area (Å²) in [7, 11) is 0. The normalized spacial score (nSPS) is 10.2. The molecule has 0 fully saturated rings. The molecule has 0 bridgehead atoms. The summed E-state index contributed by atoms with van der Waals surface area (Å²) in [5, 5.41) is 2.68. The summed E-state index contributed by atoms with van der Waals surface area (Å²) in [6, 6.07) is 6.69. The molecule has 5 heteroatoms. The summed E-state index contributed by atoms with van der Waals surface area (Å²) in [4.78, 5) is 25.5. The summed E-state index contributed by atoms with van der Waals surface area (Å²) in [5.41, 5.74) is 0.787. The highest BCUT2D eigenvalue weighted by Gasteiger charge is 2.10. The minimum Gasteiger partial charge on any atom is -0.467 e. The Kier molecular flexibility index (Phi) is 3.09. The van der Waals surface area contributed by atoms with Crippen molar-refractivity contribution in [3.63, 3.8) is 0 Å². The Morgan fingerprint density at radius 1 is 1.29 bits per heavy atom. The van der Waals surface area contributed by atoms with Gasteiger partial charge in [-0.1, -0.05) is 0 Å². The predicted octanol–water partition coefficient (Wildman–Crippen LogP) is 1.74. The lowest BCUT2D eigenvalue weighted by atomic mass is 10.3. The number of carbonyl (C=O) groups is 2. The minimum atomic E-state index is -0.270. The fourth-order valence-electron chi connectivity index (χ4n) is 1.41. The first-order valence-electron chi connectivity index (χ1n) is 5.17. The van der Waals surface area contributed by atoms with Crippen LogP contribution in [0.1, 0.15) is 33.7 Å². The molecule has 0 saturated carbocycles. The van der Waals surface area contributed by atoms with E-state index in [1.54, 1.807) is 30.5 Å². The number of ketones is 1. The molecule has 1 amide bonds. The van der Waals surface area contributed by atoms with Crippen molar-refractivity contribution >= 4 is 11.7 Å². The maximum Gasteiger partial charge on any atom is 0.268 e. The molecule has 2 N–H and O–H groups in total. The maximum atomic E-state index is 11.7. The SMILES string of the molecule is CC(=O)c1ccc(C(=O)NCc2ccco2)[nH]1. The second-order valence-electron chi connectivity index (χ2n) is 3.60. The molecule has 0 spiro atoms. The third-order valence-corrected chi connectivity index (χ3v) is 2.31. The van der Waals surface area contributed by atoms with Gasteiger partial charge in [-0.3, -0.25) is 9.59 Å². The van der Waals surface area contributed by atoms with E-state index in [-0.39, 0.29) is 11.7 Å². The molecule has 88 valence electrons. The van der Waals surface area contributed by atoms with Crippen molar-refractivity contribution in [3.05, 3.63) is 47.7 Å². The fraction of sp³-hybridized carbons (Fsp3) is 0.167. The van der Waals surface area contributed by atoms with E-state index in [9.17, 15) is 9.59 Å². The van der Waals surface area contributed by atoms with Crippen LogP contribution in [0.15, 0.2) is 34.9 Å². The Morgan fingerprint density at radius 3 is 2.65 bits per heavy atom. The van der Waals surface area contributed by atoms with Gasteiger partial charge in [-0.25, -0.2) is 0 Å². The van der Waals surface area contributed by atoms with Gasteiger partial charge in [0.25, 0.3) is 5.91 Å². The molecule has 0 aromatic carbocycles. The standard InChI is InChI=1S/C12H12N2O3/c1-8(15)10-4-5-11(14-10)12(16)13-7-9-3-2-6-17-9/h2-6,14H,7H2,1H3,(H,13,16). The van der Waals surface area contributed by atoms with Crippen molar-refractivity contribution < 1.29 is 14.0 Å². The first-order valence-corrected chi connectivity index (χ1v) is 5.17. The average Bonchev–Trinajstić information content (AvgIpc) is 2.96. The third kappa shape index (κ3) is 2.63. The van der Waals surface area contributed by atoms with Gasteiger partial charge in [0, 0.05) is 6.92 Å². The van der Waals surface area contributed by atoms with Crippen LogP contribution in [0.3, 0.4) is 0 Å². The number of rotatable bonds is 4. The second kappa shape index (κ2) is 4.69. The highest BCUT2D eigenvalue weighted by molar-refractivity contribution is 5.97. The van der Waals surface area contributed by atoms with Crippen molar-refractivity contribution in [2.45, 2.75) is 13.5 Å². The van der Waals surface area contributed by atoms with Gasteiger partial charge < -0.3 is 14.7 Å². The average molecular weight is 232 g/mol. The van der Waals surface area contributed by atoms with E-state index in [2.05, 4.69) is 10.3 Å². The summed E-state index contributed by atoms with van der Waals surface area (Å²) >= 11 is 0. The highest BCUT2D eigenvalue weighted by Crippen LogP contribution is 2.04. The summed E-state index contributed by atoms with van der Waals surface area (Å²) in [6.07, 6.45) is 1.55. The molecule has 2 rings (SSSR count). The van der Waals surface area contributed by atoms with Crippen molar-refractivity contribution in [3.8, 4) is 0 Å². The van der Waals surface area contributed by atoms with E-state index in [1.807, 2.05) is 0 Å². The number of Topliss-reactive ketones (excluding diaryl/α,β-unsaturated/α-hetero) is 1. The van der Waals surface area contributed by atoms with E-state index < -0.39 is 0 Å². The summed E-state index contributed by atoms with van der Waals surface area (Å²) in [5.74, 6) is 0.306. The molecule has 0 aliphatic carbocycles. The van der Waals surface area contributed by atoms with E-state index in [1.165, 1.54) is 6.92 Å². The number of carbonyl (C=O) groups excluding carboxylic acids is 2. The largest absolute Gasteiger partial charge is 0.467 e. The molecule has 0 aliphatic rings. The lowest BCUT2D eigenvalue weighted by Crippen LogP contribution is -2.22. The van der Waals surface area contributed by atoms with Crippen molar-refractivity contribution in [2.75, 3.05) is 0 Å². The van der Waals surface area contributed by atoms with Crippen LogP contribution in [0.4, 0.5) is 0 Å². The molecule has 2 aromatic rings. The van der Waals surface area contributed by atoms with Gasteiger partial charge in [0.15, 0.2) is 5.78 Å². The Bertz CT molecular complexity index is 526. The number of nitrogens with one attached hydrogen (secondary N) is 2. The van der Waals surface area contributed by atoms with Crippen molar-refractivity contribution in [2.24, 2.45) is 0 Å². The zero-order valence-corrected chi connectivity index (χ0v) is 9.32. The van der Waals surface area contributed by atoms with Crippen LogP contribution in [-0.4, -0.2) is 16.7 Å². The van der Waals surface area contributed by atoms with Crippen molar-refractivity contribution in [1.29, 1.82) is 0 Å². The van der Waals surface area contributed by atoms with E-state index in [0.717, 1.165) is 0 Å². The van der Waals surface area contributed by atoms with Gasteiger partial charge in [0.05, 0.1) is 18.5 Å². The molecule has 2 heterocycles. The molecule has 5 nitrogen and oxygen atoms in total. The van der Waals surface area contributed by atoms with Crippen molar-refractivity contribution in [1.82, 2.24) is 10.3 Å². The van der Waals surface area contributed by atoms with Crippen LogP contribution in [-0.2, 0) is 6.54 Å². The van der Waals surface area contributed by atoms with Gasteiger partial charge in [-0.15, -0.1) is 0 Å². The Balaban J connectivity index is 1.97. The zero-order valence-electron chi connectivity index (χ0n) is 9.32. The molecule has 17 heavy (non-hydrogen) atoms. The van der Waals surface area contributed by atoms with Crippen LogP contribution >= 0.6 is 0 Å². The second-order valence-corrected chi connectivity index (χ2v) is 3.60. The van der Waals surface area contributed by atoms with Crippen LogP contribution in [0.25, 0.3) is 0 Å². The number of aromatic nitrogens is 1. The van der Waals surface area contributed by atoms with Gasteiger partial charge in [-0.2, -0.15) is 0 Å². The van der Waals surface area contributed by atoms with Gasteiger partial charge >= 0.3 is 0 Å².